The molecule has 0 saturated heterocycles. The molecule has 2 unspecified atom stereocenters. The Balaban J connectivity index is 4.45. The molecule has 0 spiro atoms. The van der Waals surface area contributed by atoms with Crippen LogP contribution >= 0.6 is 0 Å². The molecule has 0 rings (SSSR count). The van der Waals surface area contributed by atoms with Crippen LogP contribution in [0.3, 0.4) is 0 Å². The van der Waals surface area contributed by atoms with Gasteiger partial charge in [0, 0.05) is 21.3 Å². The maximum Gasteiger partial charge on any atom is 0.208 e. The summed E-state index contributed by atoms with van der Waals surface area (Å²) in [6.07, 6.45) is 0. The van der Waals surface area contributed by atoms with Gasteiger partial charge in [-0.15, -0.1) is 0 Å². The normalized spacial score (nSPS) is 15.8. The molecule has 0 aliphatic rings. The zero-order chi connectivity index (χ0) is 12.6. The van der Waals surface area contributed by atoms with E-state index in [1.165, 1.54) is 0 Å². The van der Waals surface area contributed by atoms with E-state index in [2.05, 4.69) is 10.4 Å². The van der Waals surface area contributed by atoms with E-state index >= 15 is 0 Å². The van der Waals surface area contributed by atoms with Crippen LogP contribution in [0.4, 0.5) is 0 Å². The highest BCUT2D eigenvalue weighted by Crippen LogP contribution is 1.99. The fourth-order valence-corrected chi connectivity index (χ4v) is 1.28. The number of nitrogens with one attached hydrogen (secondary N) is 1. The van der Waals surface area contributed by atoms with Gasteiger partial charge in [0.05, 0.1) is 25.3 Å². The number of hydrogen-bond donors (Lipinski definition) is 2. The van der Waals surface area contributed by atoms with Crippen LogP contribution in [-0.2, 0) is 9.47 Å². The summed E-state index contributed by atoms with van der Waals surface area (Å²) in [5, 5.41) is 0. The number of aliphatic imine (C=N–C) groups is 1. The Morgan fingerprint density at radius 2 is 1.88 bits per heavy atom. The van der Waals surface area contributed by atoms with Crippen molar-refractivity contribution in [2.45, 2.75) is 25.9 Å². The van der Waals surface area contributed by atoms with E-state index in [0.29, 0.717) is 19.2 Å². The molecule has 0 fully saturated rings. The number of ether oxygens (including phenoxy) is 2. The van der Waals surface area contributed by atoms with Crippen LogP contribution < -0.4 is 11.3 Å². The number of rotatable bonds is 6. The van der Waals surface area contributed by atoms with E-state index in [4.69, 9.17) is 15.3 Å². The highest BCUT2D eigenvalue weighted by molar-refractivity contribution is 5.79. The van der Waals surface area contributed by atoms with Gasteiger partial charge in [-0.2, -0.15) is 0 Å². The summed E-state index contributed by atoms with van der Waals surface area (Å²) in [7, 11) is 5.24. The highest BCUT2D eigenvalue weighted by atomic mass is 16.5. The molecule has 3 N–H and O–H groups in total. The van der Waals surface area contributed by atoms with Crippen LogP contribution in [0, 0.1) is 0 Å². The lowest BCUT2D eigenvalue weighted by Crippen LogP contribution is -2.48. The van der Waals surface area contributed by atoms with Gasteiger partial charge in [-0.3, -0.25) is 5.43 Å². The van der Waals surface area contributed by atoms with Crippen molar-refractivity contribution in [3.05, 3.63) is 0 Å². The number of methoxy groups -OCH3 is 2. The maximum atomic E-state index is 5.45. The Hall–Kier alpha value is -0.850. The Morgan fingerprint density at radius 1 is 1.31 bits per heavy atom. The Morgan fingerprint density at radius 3 is 2.31 bits per heavy atom. The Kier molecular flexibility index (Phi) is 7.88. The zero-order valence-electron chi connectivity index (χ0n) is 10.9. The van der Waals surface area contributed by atoms with Crippen LogP contribution in [-0.4, -0.2) is 57.4 Å². The molecule has 96 valence electrons. The lowest BCUT2D eigenvalue weighted by atomic mass is 10.3. The number of likely N-dealkylation sites (N-methyl/N-ethyl adjacent to an activating group) is 1. The third-order valence-corrected chi connectivity index (χ3v) is 2.28. The smallest absolute Gasteiger partial charge is 0.208 e. The minimum absolute atomic E-state index is 0.0632. The molecule has 16 heavy (non-hydrogen) atoms. The van der Waals surface area contributed by atoms with Crippen molar-refractivity contribution in [1.29, 1.82) is 0 Å². The molecular weight excluding hydrogens is 208 g/mol. The average molecular weight is 232 g/mol. The highest BCUT2D eigenvalue weighted by Gasteiger charge is 2.13. The number of hydrazine groups is 1. The topological polar surface area (TPSA) is 72.1 Å². The van der Waals surface area contributed by atoms with Crippen LogP contribution in [0.2, 0.25) is 0 Å². The van der Waals surface area contributed by atoms with Gasteiger partial charge >= 0.3 is 0 Å². The molecule has 0 radical (unpaired) electrons. The summed E-state index contributed by atoms with van der Waals surface area (Å²) in [4.78, 5) is 6.35. The summed E-state index contributed by atoms with van der Waals surface area (Å²) >= 11 is 0. The van der Waals surface area contributed by atoms with E-state index in [-0.39, 0.29) is 12.1 Å². The van der Waals surface area contributed by atoms with Crippen LogP contribution in [0.1, 0.15) is 13.8 Å². The van der Waals surface area contributed by atoms with Gasteiger partial charge in [0.15, 0.2) is 0 Å². The van der Waals surface area contributed by atoms with E-state index in [1.807, 2.05) is 25.8 Å². The van der Waals surface area contributed by atoms with Crippen molar-refractivity contribution in [2.24, 2.45) is 10.8 Å². The van der Waals surface area contributed by atoms with Crippen molar-refractivity contribution in [3.63, 3.8) is 0 Å². The number of nitrogens with two attached hydrogens (primary N) is 1. The lowest BCUT2D eigenvalue weighted by molar-refractivity contribution is 0.143. The quantitative estimate of drug-likeness (QED) is 0.287. The van der Waals surface area contributed by atoms with E-state index in [9.17, 15) is 0 Å². The minimum Gasteiger partial charge on any atom is -0.383 e. The fraction of sp³-hybridized carbons (Fsp3) is 0.900. The first-order valence-corrected chi connectivity index (χ1v) is 5.31. The SMILES string of the molecule is COCC(C)N=C(NN)N(C)C(C)COC. The van der Waals surface area contributed by atoms with Gasteiger partial charge in [-0.25, -0.2) is 10.8 Å². The number of hydrogen-bond acceptors (Lipinski definition) is 4. The molecule has 0 saturated carbocycles. The Bertz CT molecular complexity index is 211. The maximum absolute atomic E-state index is 5.45. The van der Waals surface area contributed by atoms with Gasteiger partial charge in [0.2, 0.25) is 5.96 Å². The zero-order valence-corrected chi connectivity index (χ0v) is 10.9. The van der Waals surface area contributed by atoms with Crippen molar-refractivity contribution in [2.75, 3.05) is 34.5 Å². The average Bonchev–Trinajstić information content (AvgIpc) is 2.25. The monoisotopic (exact) mass is 232 g/mol. The fourth-order valence-electron chi connectivity index (χ4n) is 1.28. The second-order valence-corrected chi connectivity index (χ2v) is 3.82. The molecule has 0 heterocycles. The third kappa shape index (κ3) is 5.29. The number of nitrogens with zero attached hydrogens (tertiary/aromatic N) is 2. The Labute approximate surface area is 97.8 Å². The second-order valence-electron chi connectivity index (χ2n) is 3.82. The molecule has 0 aromatic rings. The summed E-state index contributed by atoms with van der Waals surface area (Å²) in [5.41, 5.74) is 2.60. The summed E-state index contributed by atoms with van der Waals surface area (Å²) in [6, 6.07) is 0.266. The van der Waals surface area contributed by atoms with Gasteiger partial charge in [0.1, 0.15) is 0 Å². The first kappa shape index (κ1) is 15.2. The van der Waals surface area contributed by atoms with E-state index in [1.54, 1.807) is 14.2 Å². The molecule has 2 atom stereocenters. The standard InChI is InChI=1S/C10H24N4O2/c1-8(6-15-4)12-10(13-11)14(3)9(2)7-16-5/h8-9H,6-7,11H2,1-5H3,(H,12,13). The van der Waals surface area contributed by atoms with E-state index in [0.717, 1.165) is 0 Å². The second kappa shape index (κ2) is 8.32. The minimum atomic E-state index is 0.0632. The molecule has 0 aromatic carbocycles. The van der Waals surface area contributed by atoms with Crippen molar-refractivity contribution in [1.82, 2.24) is 10.3 Å². The lowest BCUT2D eigenvalue weighted by Gasteiger charge is -2.27. The largest absolute Gasteiger partial charge is 0.383 e. The third-order valence-electron chi connectivity index (χ3n) is 2.28. The first-order valence-electron chi connectivity index (χ1n) is 5.31. The van der Waals surface area contributed by atoms with Crippen molar-refractivity contribution < 1.29 is 9.47 Å². The molecule has 6 nitrogen and oxygen atoms in total. The molecule has 0 aromatic heterocycles. The van der Waals surface area contributed by atoms with Gasteiger partial charge < -0.3 is 14.4 Å². The molecule has 0 bridgehead atoms. The van der Waals surface area contributed by atoms with Gasteiger partial charge in [-0.1, -0.05) is 0 Å². The summed E-state index contributed by atoms with van der Waals surface area (Å²) in [5.74, 6) is 6.08. The molecule has 0 amide bonds. The van der Waals surface area contributed by atoms with Crippen LogP contribution in [0.15, 0.2) is 4.99 Å². The summed E-state index contributed by atoms with van der Waals surface area (Å²) in [6.45, 7) is 5.19. The van der Waals surface area contributed by atoms with Crippen LogP contribution in [0.5, 0.6) is 0 Å². The van der Waals surface area contributed by atoms with Crippen LogP contribution in [0.25, 0.3) is 0 Å². The molecule has 0 aliphatic carbocycles. The first-order chi connectivity index (χ1) is 7.56. The van der Waals surface area contributed by atoms with E-state index < -0.39 is 0 Å². The number of guanidine groups is 1. The summed E-state index contributed by atoms with van der Waals surface area (Å²) < 4.78 is 10.1. The molecular formula is C10H24N4O2. The predicted molar refractivity (Wildman–Crippen MR) is 65.2 cm³/mol. The van der Waals surface area contributed by atoms with Crippen molar-refractivity contribution >= 4 is 5.96 Å². The van der Waals surface area contributed by atoms with Crippen molar-refractivity contribution in [3.8, 4) is 0 Å². The molecule has 0 aliphatic heterocycles. The van der Waals surface area contributed by atoms with Gasteiger partial charge in [0.25, 0.3) is 0 Å². The van der Waals surface area contributed by atoms with Gasteiger partial charge in [-0.05, 0) is 13.8 Å². The molecule has 6 heteroatoms. The predicted octanol–water partition coefficient (Wildman–Crippen LogP) is -0.193.